The van der Waals surface area contributed by atoms with E-state index in [0.29, 0.717) is 10.5 Å². The maximum atomic E-state index is 13.6. The van der Waals surface area contributed by atoms with E-state index in [2.05, 4.69) is 0 Å². The monoisotopic (exact) mass is 306 g/mol. The van der Waals surface area contributed by atoms with Crippen molar-refractivity contribution in [3.8, 4) is 5.75 Å². The third-order valence-electron chi connectivity index (χ3n) is 2.84. The van der Waals surface area contributed by atoms with Crippen molar-refractivity contribution < 1.29 is 19.0 Å². The highest BCUT2D eigenvalue weighted by atomic mass is 32.2. The minimum atomic E-state index is -1.05. The molecule has 0 heterocycles. The standard InChI is InChI=1S/C16H15FO3S/c1-2-21-14-9-5-8-13(15(14)16(18)19)20-10-11-6-3-4-7-12(11)17/h3-9H,2,10H2,1H3,(H,18,19). The Morgan fingerprint density at radius 1 is 1.24 bits per heavy atom. The SMILES string of the molecule is CCSc1cccc(OCc2ccccc2F)c1C(=O)O. The molecule has 0 fully saturated rings. The molecule has 2 aromatic carbocycles. The lowest BCUT2D eigenvalue weighted by Crippen LogP contribution is -2.06. The Morgan fingerprint density at radius 3 is 2.67 bits per heavy atom. The number of ether oxygens (including phenoxy) is 1. The number of hydrogen-bond donors (Lipinski definition) is 1. The minimum Gasteiger partial charge on any atom is -0.488 e. The first-order valence-corrected chi connectivity index (χ1v) is 7.47. The van der Waals surface area contributed by atoms with Gasteiger partial charge < -0.3 is 9.84 Å². The van der Waals surface area contributed by atoms with Crippen molar-refractivity contribution in [3.63, 3.8) is 0 Å². The van der Waals surface area contributed by atoms with Crippen molar-refractivity contribution in [2.24, 2.45) is 0 Å². The molecular formula is C16H15FO3S. The number of rotatable bonds is 6. The lowest BCUT2D eigenvalue weighted by molar-refractivity contribution is 0.0687. The van der Waals surface area contributed by atoms with E-state index in [1.165, 1.54) is 17.8 Å². The fourth-order valence-corrected chi connectivity index (χ4v) is 2.71. The van der Waals surface area contributed by atoms with E-state index in [9.17, 15) is 14.3 Å². The number of carboxylic acids is 1. The fourth-order valence-electron chi connectivity index (χ4n) is 1.89. The summed E-state index contributed by atoms with van der Waals surface area (Å²) in [5.74, 6) is -0.399. The van der Waals surface area contributed by atoms with Crippen LogP contribution in [0, 0.1) is 5.82 Å². The summed E-state index contributed by atoms with van der Waals surface area (Å²) in [7, 11) is 0. The predicted molar refractivity (Wildman–Crippen MR) is 80.5 cm³/mol. The second-order valence-electron chi connectivity index (χ2n) is 4.25. The lowest BCUT2D eigenvalue weighted by Gasteiger charge is -2.12. The number of aromatic carboxylic acids is 1. The van der Waals surface area contributed by atoms with Gasteiger partial charge in [-0.1, -0.05) is 31.2 Å². The van der Waals surface area contributed by atoms with E-state index in [4.69, 9.17) is 4.74 Å². The van der Waals surface area contributed by atoms with E-state index in [1.807, 2.05) is 6.92 Å². The van der Waals surface area contributed by atoms with Crippen LogP contribution in [0.25, 0.3) is 0 Å². The Balaban J connectivity index is 2.25. The molecule has 0 aliphatic rings. The van der Waals surface area contributed by atoms with Crippen LogP contribution >= 0.6 is 11.8 Å². The molecule has 0 unspecified atom stereocenters. The number of thioether (sulfide) groups is 1. The normalized spacial score (nSPS) is 10.4. The van der Waals surface area contributed by atoms with Gasteiger partial charge >= 0.3 is 5.97 Å². The summed E-state index contributed by atoms with van der Waals surface area (Å²) in [6, 6.07) is 11.3. The van der Waals surface area contributed by atoms with Crippen molar-refractivity contribution in [1.82, 2.24) is 0 Å². The molecule has 0 amide bonds. The van der Waals surface area contributed by atoms with E-state index in [-0.39, 0.29) is 23.7 Å². The van der Waals surface area contributed by atoms with Crippen LogP contribution in [0.3, 0.4) is 0 Å². The van der Waals surface area contributed by atoms with Gasteiger partial charge in [0.25, 0.3) is 0 Å². The maximum absolute atomic E-state index is 13.6. The molecule has 0 radical (unpaired) electrons. The van der Waals surface area contributed by atoms with Crippen LogP contribution in [0.4, 0.5) is 4.39 Å². The van der Waals surface area contributed by atoms with Crippen molar-refractivity contribution in [3.05, 3.63) is 59.4 Å². The first kappa shape index (κ1) is 15.4. The average molecular weight is 306 g/mol. The van der Waals surface area contributed by atoms with E-state index >= 15 is 0 Å². The molecule has 110 valence electrons. The van der Waals surface area contributed by atoms with Crippen molar-refractivity contribution in [2.45, 2.75) is 18.4 Å². The molecule has 21 heavy (non-hydrogen) atoms. The van der Waals surface area contributed by atoms with Gasteiger partial charge in [-0.05, 0) is 24.0 Å². The van der Waals surface area contributed by atoms with Gasteiger partial charge in [0.2, 0.25) is 0 Å². The second kappa shape index (κ2) is 7.13. The highest BCUT2D eigenvalue weighted by Gasteiger charge is 2.17. The van der Waals surface area contributed by atoms with Crippen molar-refractivity contribution in [2.75, 3.05) is 5.75 Å². The topological polar surface area (TPSA) is 46.5 Å². The van der Waals surface area contributed by atoms with E-state index < -0.39 is 5.97 Å². The molecule has 0 atom stereocenters. The minimum absolute atomic E-state index is 0.00675. The summed E-state index contributed by atoms with van der Waals surface area (Å²) in [4.78, 5) is 12.1. The predicted octanol–water partition coefficient (Wildman–Crippen LogP) is 4.21. The maximum Gasteiger partial charge on any atom is 0.340 e. The molecular weight excluding hydrogens is 291 g/mol. The van der Waals surface area contributed by atoms with Crippen molar-refractivity contribution >= 4 is 17.7 Å². The van der Waals surface area contributed by atoms with Gasteiger partial charge in [0.15, 0.2) is 0 Å². The molecule has 1 N–H and O–H groups in total. The van der Waals surface area contributed by atoms with Gasteiger partial charge in [0.05, 0.1) is 0 Å². The largest absolute Gasteiger partial charge is 0.488 e. The van der Waals surface area contributed by atoms with Crippen LogP contribution in [0.15, 0.2) is 47.4 Å². The van der Waals surface area contributed by atoms with Gasteiger partial charge in [-0.3, -0.25) is 0 Å². The molecule has 0 bridgehead atoms. The third kappa shape index (κ3) is 3.76. The van der Waals surface area contributed by atoms with Crippen LogP contribution < -0.4 is 4.74 Å². The van der Waals surface area contributed by atoms with Crippen LogP contribution in [-0.4, -0.2) is 16.8 Å². The van der Waals surface area contributed by atoms with E-state index in [1.54, 1.807) is 36.4 Å². The van der Waals surface area contributed by atoms with Gasteiger partial charge in [-0.15, -0.1) is 11.8 Å². The Labute approximate surface area is 126 Å². The van der Waals surface area contributed by atoms with E-state index in [0.717, 1.165) is 5.75 Å². The molecule has 0 saturated heterocycles. The molecule has 2 aromatic rings. The number of carbonyl (C=O) groups is 1. The quantitative estimate of drug-likeness (QED) is 0.812. The highest BCUT2D eigenvalue weighted by molar-refractivity contribution is 7.99. The molecule has 2 rings (SSSR count). The van der Waals surface area contributed by atoms with Crippen LogP contribution in [0.2, 0.25) is 0 Å². The first-order valence-electron chi connectivity index (χ1n) is 6.48. The molecule has 0 aliphatic heterocycles. The smallest absolute Gasteiger partial charge is 0.340 e. The Kier molecular flexibility index (Phi) is 5.22. The summed E-state index contributed by atoms with van der Waals surface area (Å²) in [5.41, 5.74) is 0.517. The van der Waals surface area contributed by atoms with Crippen molar-refractivity contribution in [1.29, 1.82) is 0 Å². The summed E-state index contributed by atoms with van der Waals surface area (Å²) in [5, 5.41) is 9.36. The number of benzene rings is 2. The molecule has 3 nitrogen and oxygen atoms in total. The molecule has 5 heteroatoms. The Bertz CT molecular complexity index is 643. The fraction of sp³-hybridized carbons (Fsp3) is 0.188. The van der Waals surface area contributed by atoms with Crippen LogP contribution in [0.5, 0.6) is 5.75 Å². The van der Waals surface area contributed by atoms with Gasteiger partial charge in [0, 0.05) is 10.5 Å². The first-order chi connectivity index (χ1) is 10.1. The van der Waals surface area contributed by atoms with Gasteiger partial charge in [0.1, 0.15) is 23.7 Å². The number of carboxylic acid groups (broad SMARTS) is 1. The summed E-state index contributed by atoms with van der Waals surface area (Å²) in [6.45, 7) is 1.94. The summed E-state index contributed by atoms with van der Waals surface area (Å²) in [6.07, 6.45) is 0. The summed E-state index contributed by atoms with van der Waals surface area (Å²) < 4.78 is 19.1. The van der Waals surface area contributed by atoms with Gasteiger partial charge in [-0.2, -0.15) is 0 Å². The average Bonchev–Trinajstić information content (AvgIpc) is 2.46. The van der Waals surface area contributed by atoms with Crippen LogP contribution in [-0.2, 0) is 6.61 Å². The summed E-state index contributed by atoms with van der Waals surface area (Å²) >= 11 is 1.43. The molecule has 0 saturated carbocycles. The zero-order chi connectivity index (χ0) is 15.2. The zero-order valence-electron chi connectivity index (χ0n) is 11.5. The number of hydrogen-bond acceptors (Lipinski definition) is 3. The van der Waals surface area contributed by atoms with Gasteiger partial charge in [-0.25, -0.2) is 9.18 Å². The Morgan fingerprint density at radius 2 is 2.00 bits per heavy atom. The zero-order valence-corrected chi connectivity index (χ0v) is 12.3. The second-order valence-corrected chi connectivity index (χ2v) is 5.55. The van der Waals surface area contributed by atoms with Crippen LogP contribution in [0.1, 0.15) is 22.8 Å². The number of halogens is 1. The third-order valence-corrected chi connectivity index (χ3v) is 3.78. The lowest BCUT2D eigenvalue weighted by atomic mass is 10.2. The highest BCUT2D eigenvalue weighted by Crippen LogP contribution is 2.30. The molecule has 0 aromatic heterocycles. The Hall–Kier alpha value is -2.01. The molecule has 0 spiro atoms. The molecule has 0 aliphatic carbocycles.